The third-order valence-corrected chi connectivity index (χ3v) is 4.60. The molecule has 0 aliphatic carbocycles. The number of esters is 1. The Bertz CT molecular complexity index is 918. The fourth-order valence-electron chi connectivity index (χ4n) is 3.19. The van der Waals surface area contributed by atoms with Crippen molar-refractivity contribution in [1.29, 1.82) is 0 Å². The molecule has 132 valence electrons. The summed E-state index contributed by atoms with van der Waals surface area (Å²) in [7, 11) is 1.36. The number of aromatic nitrogens is 2. The molecular weight excluding hydrogens is 330 g/mol. The van der Waals surface area contributed by atoms with E-state index in [1.807, 2.05) is 0 Å². The van der Waals surface area contributed by atoms with Gasteiger partial charge in [0.25, 0.3) is 0 Å². The lowest BCUT2D eigenvalue weighted by Gasteiger charge is -2.27. The minimum Gasteiger partial charge on any atom is -0.465 e. The summed E-state index contributed by atoms with van der Waals surface area (Å²) in [5, 5.41) is 4.06. The largest absolute Gasteiger partial charge is 0.465 e. The predicted octanol–water partition coefficient (Wildman–Crippen LogP) is 3.08. The van der Waals surface area contributed by atoms with Crippen LogP contribution in [0.4, 0.5) is 0 Å². The third-order valence-electron chi connectivity index (χ3n) is 4.60. The molecule has 0 saturated carbocycles. The van der Waals surface area contributed by atoms with E-state index >= 15 is 0 Å². The van der Waals surface area contributed by atoms with Gasteiger partial charge in [0.1, 0.15) is 0 Å². The van der Waals surface area contributed by atoms with Crippen molar-refractivity contribution < 1.29 is 14.1 Å². The number of methoxy groups -OCH3 is 1. The minimum absolute atomic E-state index is 0.365. The number of hydrogen-bond donors (Lipinski definition) is 0. The maximum absolute atomic E-state index is 11.5. The van der Waals surface area contributed by atoms with Gasteiger partial charge in [0.2, 0.25) is 11.7 Å². The Morgan fingerprint density at radius 2 is 1.92 bits per heavy atom. The second-order valence-electron chi connectivity index (χ2n) is 6.31. The van der Waals surface area contributed by atoms with Crippen LogP contribution in [-0.4, -0.2) is 34.7 Å². The van der Waals surface area contributed by atoms with E-state index in [9.17, 15) is 4.79 Å². The number of benzene rings is 2. The first kappa shape index (κ1) is 16.5. The summed E-state index contributed by atoms with van der Waals surface area (Å²) in [6, 6.07) is 15.5. The Balaban J connectivity index is 1.44. The first-order valence-corrected chi connectivity index (χ1v) is 8.53. The summed E-state index contributed by atoms with van der Waals surface area (Å²) in [5.74, 6) is 0.751. The third kappa shape index (κ3) is 3.36. The molecule has 1 aliphatic rings. The van der Waals surface area contributed by atoms with E-state index in [1.54, 1.807) is 24.3 Å². The molecule has 0 saturated heterocycles. The van der Waals surface area contributed by atoms with Gasteiger partial charge in [-0.3, -0.25) is 4.90 Å². The molecule has 0 N–H and O–H groups in total. The lowest BCUT2D eigenvalue weighted by molar-refractivity contribution is 0.0601. The average Bonchev–Trinajstić information content (AvgIpc) is 3.16. The first-order chi connectivity index (χ1) is 12.7. The number of carbonyl (C=O) groups excluding carboxylic acids is 1. The van der Waals surface area contributed by atoms with Crippen LogP contribution >= 0.6 is 0 Å². The van der Waals surface area contributed by atoms with E-state index in [0.29, 0.717) is 23.8 Å². The summed E-state index contributed by atoms with van der Waals surface area (Å²) >= 11 is 0. The number of carbonyl (C=O) groups is 1. The van der Waals surface area contributed by atoms with Crippen LogP contribution in [0, 0.1) is 0 Å². The second kappa shape index (κ2) is 7.09. The summed E-state index contributed by atoms with van der Waals surface area (Å²) < 4.78 is 10.1. The van der Waals surface area contributed by atoms with E-state index in [1.165, 1.54) is 18.2 Å². The van der Waals surface area contributed by atoms with Crippen LogP contribution in [0.3, 0.4) is 0 Å². The van der Waals surface area contributed by atoms with E-state index in [2.05, 4.69) is 39.3 Å². The Labute approximate surface area is 151 Å². The van der Waals surface area contributed by atoms with Gasteiger partial charge in [0.15, 0.2) is 0 Å². The summed E-state index contributed by atoms with van der Waals surface area (Å²) in [6.07, 6.45) is 1.03. The number of nitrogens with zero attached hydrogens (tertiary/aromatic N) is 3. The lowest BCUT2D eigenvalue weighted by Crippen LogP contribution is -2.30. The molecule has 0 unspecified atom stereocenters. The van der Waals surface area contributed by atoms with Gasteiger partial charge < -0.3 is 9.26 Å². The van der Waals surface area contributed by atoms with E-state index in [4.69, 9.17) is 9.26 Å². The average molecular weight is 349 g/mol. The zero-order valence-electron chi connectivity index (χ0n) is 14.5. The normalized spacial score (nSPS) is 14.0. The molecule has 0 spiro atoms. The van der Waals surface area contributed by atoms with Gasteiger partial charge in [-0.1, -0.05) is 41.6 Å². The van der Waals surface area contributed by atoms with Crippen molar-refractivity contribution in [2.75, 3.05) is 13.7 Å². The van der Waals surface area contributed by atoms with Gasteiger partial charge in [0, 0.05) is 18.7 Å². The van der Waals surface area contributed by atoms with Crippen molar-refractivity contribution in [3.8, 4) is 11.4 Å². The molecule has 0 bridgehead atoms. The molecule has 3 aromatic rings. The molecule has 0 radical (unpaired) electrons. The van der Waals surface area contributed by atoms with Crippen LogP contribution in [0.2, 0.25) is 0 Å². The minimum atomic E-state index is -0.365. The van der Waals surface area contributed by atoms with Crippen molar-refractivity contribution in [1.82, 2.24) is 15.0 Å². The maximum Gasteiger partial charge on any atom is 0.337 e. The van der Waals surface area contributed by atoms with Crippen molar-refractivity contribution in [3.05, 3.63) is 71.1 Å². The van der Waals surface area contributed by atoms with Crippen LogP contribution < -0.4 is 0 Å². The zero-order chi connectivity index (χ0) is 17.9. The van der Waals surface area contributed by atoms with E-state index in [-0.39, 0.29) is 5.97 Å². The molecule has 0 fully saturated rings. The lowest BCUT2D eigenvalue weighted by atomic mass is 10.00. The highest BCUT2D eigenvalue weighted by Gasteiger charge is 2.18. The molecule has 1 aliphatic heterocycles. The highest BCUT2D eigenvalue weighted by Crippen LogP contribution is 2.21. The second-order valence-corrected chi connectivity index (χ2v) is 6.31. The maximum atomic E-state index is 11.5. The van der Waals surface area contributed by atoms with Crippen molar-refractivity contribution in [3.63, 3.8) is 0 Å². The van der Waals surface area contributed by atoms with Gasteiger partial charge in [0.05, 0.1) is 19.2 Å². The highest BCUT2D eigenvalue weighted by atomic mass is 16.5. The van der Waals surface area contributed by atoms with Crippen LogP contribution in [0.15, 0.2) is 53.1 Å². The number of hydrogen-bond acceptors (Lipinski definition) is 6. The van der Waals surface area contributed by atoms with Gasteiger partial charge >= 0.3 is 5.97 Å². The molecule has 26 heavy (non-hydrogen) atoms. The smallest absolute Gasteiger partial charge is 0.337 e. The molecule has 2 heterocycles. The van der Waals surface area contributed by atoms with Crippen LogP contribution in [-0.2, 0) is 24.2 Å². The predicted molar refractivity (Wildman–Crippen MR) is 95.3 cm³/mol. The van der Waals surface area contributed by atoms with Gasteiger partial charge in [-0.15, -0.1) is 0 Å². The molecule has 1 aromatic heterocycles. The molecule has 2 aromatic carbocycles. The highest BCUT2D eigenvalue weighted by molar-refractivity contribution is 5.89. The monoisotopic (exact) mass is 349 g/mol. The Morgan fingerprint density at radius 3 is 2.69 bits per heavy atom. The van der Waals surface area contributed by atoms with Crippen LogP contribution in [0.25, 0.3) is 11.4 Å². The zero-order valence-corrected chi connectivity index (χ0v) is 14.5. The van der Waals surface area contributed by atoms with Gasteiger partial charge in [-0.05, 0) is 29.7 Å². The molecule has 4 rings (SSSR count). The Kier molecular flexibility index (Phi) is 4.50. The fourth-order valence-corrected chi connectivity index (χ4v) is 3.19. The number of rotatable bonds is 4. The summed E-state index contributed by atoms with van der Waals surface area (Å²) in [5.41, 5.74) is 4.07. The van der Waals surface area contributed by atoms with E-state index < -0.39 is 0 Å². The summed E-state index contributed by atoms with van der Waals surface area (Å²) in [6.45, 7) is 2.49. The quantitative estimate of drug-likeness (QED) is 0.674. The van der Waals surface area contributed by atoms with Crippen LogP contribution in [0.1, 0.15) is 27.4 Å². The Hall–Kier alpha value is -2.99. The van der Waals surface area contributed by atoms with Crippen molar-refractivity contribution >= 4 is 5.97 Å². The molecule has 6 nitrogen and oxygen atoms in total. The standard InChI is InChI=1S/C20H19N3O3/c1-25-20(24)16-8-6-15(7-9-16)19-21-18(26-22-19)13-23-11-10-14-4-2-3-5-17(14)12-23/h2-9H,10-13H2,1H3. The SMILES string of the molecule is COC(=O)c1ccc(-c2noc(CN3CCc4ccccc4C3)n2)cc1. The molecule has 6 heteroatoms. The first-order valence-electron chi connectivity index (χ1n) is 8.53. The Morgan fingerprint density at radius 1 is 1.15 bits per heavy atom. The van der Waals surface area contributed by atoms with Gasteiger partial charge in [-0.2, -0.15) is 4.98 Å². The molecule has 0 amide bonds. The van der Waals surface area contributed by atoms with Gasteiger partial charge in [-0.25, -0.2) is 4.79 Å². The van der Waals surface area contributed by atoms with Crippen LogP contribution in [0.5, 0.6) is 0 Å². The van der Waals surface area contributed by atoms with E-state index in [0.717, 1.165) is 25.1 Å². The van der Waals surface area contributed by atoms with Crippen molar-refractivity contribution in [2.45, 2.75) is 19.5 Å². The summed E-state index contributed by atoms with van der Waals surface area (Å²) in [4.78, 5) is 18.3. The number of ether oxygens (including phenoxy) is 1. The fraction of sp³-hybridized carbons (Fsp3) is 0.250. The topological polar surface area (TPSA) is 68.5 Å². The van der Waals surface area contributed by atoms with Crippen molar-refractivity contribution in [2.24, 2.45) is 0 Å². The molecule has 0 atom stereocenters. The number of fused-ring (bicyclic) bond motifs is 1. The molecular formula is C20H19N3O3.